The number of nitrogens with one attached hydrogen (secondary N) is 1. The summed E-state index contributed by atoms with van der Waals surface area (Å²) in [6.07, 6.45) is 1.39. The second kappa shape index (κ2) is 9.89. The minimum atomic E-state index is -0.515. The van der Waals surface area contributed by atoms with E-state index in [9.17, 15) is 14.9 Å². The number of carbonyl (C=O) groups excluding carboxylic acids is 2. The fourth-order valence-electron chi connectivity index (χ4n) is 2.61. The lowest BCUT2D eigenvalue weighted by Crippen LogP contribution is -2.14. The second-order valence-corrected chi connectivity index (χ2v) is 7.27. The van der Waals surface area contributed by atoms with Crippen LogP contribution in [0.5, 0.6) is 0 Å². The van der Waals surface area contributed by atoms with Gasteiger partial charge in [-0.15, -0.1) is 0 Å². The molecule has 7 heteroatoms. The molecule has 0 aliphatic heterocycles. The molecule has 0 saturated carbocycles. The van der Waals surface area contributed by atoms with E-state index >= 15 is 0 Å². The fraction of sp³-hybridized carbons (Fsp3) is 0.0870. The summed E-state index contributed by atoms with van der Waals surface area (Å²) >= 11 is 2.11. The van der Waals surface area contributed by atoms with E-state index in [1.165, 1.54) is 6.08 Å². The number of nitrogens with zero attached hydrogens (tertiary/aromatic N) is 1. The fourth-order valence-corrected chi connectivity index (χ4v) is 3.14. The average molecular weight is 512 g/mol. The van der Waals surface area contributed by atoms with Crippen LogP contribution in [0.2, 0.25) is 0 Å². The Morgan fingerprint density at radius 1 is 1.13 bits per heavy atom. The van der Waals surface area contributed by atoms with Gasteiger partial charge >= 0.3 is 5.97 Å². The van der Waals surface area contributed by atoms with Crippen LogP contribution in [0.25, 0.3) is 17.4 Å². The van der Waals surface area contributed by atoms with Crippen LogP contribution in [-0.4, -0.2) is 18.5 Å². The molecule has 6 nitrogen and oxygen atoms in total. The minimum Gasteiger partial charge on any atom is -0.462 e. The zero-order valence-corrected chi connectivity index (χ0v) is 18.2. The second-order valence-electron chi connectivity index (χ2n) is 6.10. The zero-order chi connectivity index (χ0) is 21.5. The molecule has 1 heterocycles. The monoisotopic (exact) mass is 512 g/mol. The number of halogens is 1. The summed E-state index contributed by atoms with van der Waals surface area (Å²) in [5.41, 5.74) is 1.76. The molecule has 2 aromatic carbocycles. The summed E-state index contributed by atoms with van der Waals surface area (Å²) in [4.78, 5) is 24.2. The summed E-state index contributed by atoms with van der Waals surface area (Å²) in [6.45, 7) is 2.06. The van der Waals surface area contributed by atoms with Crippen molar-refractivity contribution in [3.8, 4) is 17.4 Å². The quantitative estimate of drug-likeness (QED) is 0.210. The average Bonchev–Trinajstić information content (AvgIpc) is 3.22. The lowest BCUT2D eigenvalue weighted by Gasteiger charge is -2.05. The Labute approximate surface area is 187 Å². The lowest BCUT2D eigenvalue weighted by molar-refractivity contribution is -0.112. The molecule has 1 amide bonds. The van der Waals surface area contributed by atoms with E-state index in [0.29, 0.717) is 29.4 Å². The number of carbonyl (C=O) groups is 2. The molecule has 3 aromatic rings. The van der Waals surface area contributed by atoms with Gasteiger partial charge in [0.05, 0.1) is 17.9 Å². The first kappa shape index (κ1) is 21.3. The van der Waals surface area contributed by atoms with Crippen LogP contribution in [-0.2, 0) is 9.53 Å². The summed E-state index contributed by atoms with van der Waals surface area (Å²) < 4.78 is 11.6. The molecule has 0 aliphatic carbocycles. The van der Waals surface area contributed by atoms with Crippen molar-refractivity contribution >= 4 is 46.2 Å². The predicted octanol–water partition coefficient (Wildman–Crippen LogP) is 5.27. The first-order valence-corrected chi connectivity index (χ1v) is 10.1. The van der Waals surface area contributed by atoms with Crippen molar-refractivity contribution in [3.05, 3.63) is 81.1 Å². The number of nitriles is 1. The Bertz CT molecular complexity index is 1140. The molecule has 30 heavy (non-hydrogen) atoms. The topological polar surface area (TPSA) is 92.3 Å². The third-order valence-corrected chi connectivity index (χ3v) is 5.02. The number of ether oxygens (including phenoxy) is 1. The zero-order valence-electron chi connectivity index (χ0n) is 16.0. The van der Waals surface area contributed by atoms with E-state index in [0.717, 1.165) is 9.13 Å². The van der Waals surface area contributed by atoms with Crippen LogP contribution in [0.1, 0.15) is 23.0 Å². The van der Waals surface area contributed by atoms with Crippen LogP contribution in [0, 0.1) is 14.9 Å². The number of furan rings is 1. The molecule has 3 rings (SSSR count). The largest absolute Gasteiger partial charge is 0.462 e. The number of benzene rings is 2. The molecular weight excluding hydrogens is 495 g/mol. The molecule has 0 aliphatic rings. The van der Waals surface area contributed by atoms with Gasteiger partial charge < -0.3 is 14.5 Å². The molecule has 150 valence electrons. The van der Waals surface area contributed by atoms with Crippen molar-refractivity contribution in [2.75, 3.05) is 11.9 Å². The Morgan fingerprint density at radius 3 is 2.53 bits per heavy atom. The van der Waals surface area contributed by atoms with Gasteiger partial charge in [-0.3, -0.25) is 4.79 Å². The molecule has 1 N–H and O–H groups in total. The van der Waals surface area contributed by atoms with Gasteiger partial charge in [-0.05, 0) is 65.9 Å². The van der Waals surface area contributed by atoms with E-state index < -0.39 is 5.91 Å². The maximum absolute atomic E-state index is 12.4. The SMILES string of the molecule is CCOC(=O)c1ccc(-c2ccc(/C=C(/C#N)C(=O)Nc3ccccc3I)o2)cc1. The van der Waals surface area contributed by atoms with Crippen LogP contribution in [0.15, 0.2) is 70.7 Å². The number of amides is 1. The number of hydrogen-bond donors (Lipinski definition) is 1. The van der Waals surface area contributed by atoms with Crippen LogP contribution >= 0.6 is 22.6 Å². The van der Waals surface area contributed by atoms with Crippen molar-refractivity contribution < 1.29 is 18.7 Å². The van der Waals surface area contributed by atoms with Crippen LogP contribution in [0.3, 0.4) is 0 Å². The molecule has 1 aromatic heterocycles. The van der Waals surface area contributed by atoms with Crippen LogP contribution in [0.4, 0.5) is 5.69 Å². The lowest BCUT2D eigenvalue weighted by atomic mass is 10.1. The number of hydrogen-bond acceptors (Lipinski definition) is 5. The smallest absolute Gasteiger partial charge is 0.338 e. The van der Waals surface area contributed by atoms with Gasteiger partial charge in [-0.25, -0.2) is 4.79 Å². The number of anilines is 1. The highest BCUT2D eigenvalue weighted by molar-refractivity contribution is 14.1. The number of para-hydroxylation sites is 1. The highest BCUT2D eigenvalue weighted by atomic mass is 127. The van der Waals surface area contributed by atoms with Gasteiger partial charge in [0, 0.05) is 15.2 Å². The standard InChI is InChI=1S/C23H17IN2O4/c1-2-29-23(28)16-9-7-15(8-10-16)21-12-11-18(30-21)13-17(14-25)22(27)26-20-6-4-3-5-19(20)24/h3-13H,2H2,1H3,(H,26,27)/b17-13-. The van der Waals surface area contributed by atoms with E-state index in [2.05, 4.69) is 27.9 Å². The van der Waals surface area contributed by atoms with Crippen molar-refractivity contribution in [1.29, 1.82) is 5.26 Å². The Morgan fingerprint density at radius 2 is 1.87 bits per heavy atom. The van der Waals surface area contributed by atoms with Gasteiger partial charge in [0.25, 0.3) is 5.91 Å². The predicted molar refractivity (Wildman–Crippen MR) is 121 cm³/mol. The van der Waals surface area contributed by atoms with Crippen LogP contribution < -0.4 is 5.32 Å². The summed E-state index contributed by atoms with van der Waals surface area (Å²) in [7, 11) is 0. The minimum absolute atomic E-state index is 0.0757. The molecule has 0 spiro atoms. The van der Waals surface area contributed by atoms with E-state index in [1.54, 1.807) is 55.5 Å². The maximum Gasteiger partial charge on any atom is 0.338 e. The third-order valence-electron chi connectivity index (χ3n) is 4.08. The molecule has 0 bridgehead atoms. The van der Waals surface area contributed by atoms with Gasteiger partial charge in [0.1, 0.15) is 23.2 Å². The molecule has 0 fully saturated rings. The molecular formula is C23H17IN2O4. The first-order chi connectivity index (χ1) is 14.5. The highest BCUT2D eigenvalue weighted by Gasteiger charge is 2.13. The molecule has 0 atom stereocenters. The highest BCUT2D eigenvalue weighted by Crippen LogP contribution is 2.24. The Kier molecular flexibility index (Phi) is 7.03. The number of esters is 1. The molecule has 0 unspecified atom stereocenters. The van der Waals surface area contributed by atoms with E-state index in [4.69, 9.17) is 9.15 Å². The third kappa shape index (κ3) is 5.15. The van der Waals surface area contributed by atoms with Crippen molar-refractivity contribution in [1.82, 2.24) is 0 Å². The van der Waals surface area contributed by atoms with Gasteiger partial charge in [0.15, 0.2) is 0 Å². The Hall–Kier alpha value is -3.38. The first-order valence-electron chi connectivity index (χ1n) is 9.07. The normalized spacial score (nSPS) is 10.9. The van der Waals surface area contributed by atoms with Crippen molar-refractivity contribution in [2.24, 2.45) is 0 Å². The van der Waals surface area contributed by atoms with Gasteiger partial charge in [0.2, 0.25) is 0 Å². The summed E-state index contributed by atoms with van der Waals surface area (Å²) in [5, 5.41) is 12.1. The van der Waals surface area contributed by atoms with Gasteiger partial charge in [-0.1, -0.05) is 24.3 Å². The summed E-state index contributed by atoms with van der Waals surface area (Å²) in [5.74, 6) is 0.0177. The molecule has 0 radical (unpaired) electrons. The molecule has 0 saturated heterocycles. The van der Waals surface area contributed by atoms with E-state index in [-0.39, 0.29) is 11.5 Å². The maximum atomic E-state index is 12.4. The van der Waals surface area contributed by atoms with E-state index in [1.807, 2.05) is 18.2 Å². The van der Waals surface area contributed by atoms with Gasteiger partial charge in [-0.2, -0.15) is 5.26 Å². The van der Waals surface area contributed by atoms with Crippen molar-refractivity contribution in [3.63, 3.8) is 0 Å². The summed E-state index contributed by atoms with van der Waals surface area (Å²) in [6, 6.07) is 19.4. The number of rotatable bonds is 6. The van der Waals surface area contributed by atoms with Crippen molar-refractivity contribution in [2.45, 2.75) is 6.92 Å². The Balaban J connectivity index is 1.76.